The molecule has 0 aliphatic carbocycles. The Labute approximate surface area is 103 Å². The van der Waals surface area contributed by atoms with Gasteiger partial charge < -0.3 is 9.47 Å². The number of likely N-dealkylation sites (tertiary alicyclic amines) is 1. The molecule has 2 atom stereocenters. The maximum absolute atomic E-state index is 11.0. The smallest absolute Gasteiger partial charge is 0.151 e. The Morgan fingerprint density at radius 3 is 2.65 bits per heavy atom. The van der Waals surface area contributed by atoms with E-state index in [1.807, 2.05) is 6.07 Å². The summed E-state index contributed by atoms with van der Waals surface area (Å²) in [7, 11) is 2.19. The Hall–Kier alpha value is -1.09. The van der Waals surface area contributed by atoms with Crippen molar-refractivity contribution in [3.8, 4) is 0 Å². The van der Waals surface area contributed by atoms with E-state index in [9.17, 15) is 4.79 Å². The van der Waals surface area contributed by atoms with Crippen molar-refractivity contribution in [2.24, 2.45) is 0 Å². The van der Waals surface area contributed by atoms with Gasteiger partial charge in [0.25, 0.3) is 0 Å². The fourth-order valence-corrected chi connectivity index (χ4v) is 2.98. The van der Waals surface area contributed by atoms with Crippen molar-refractivity contribution in [2.75, 3.05) is 13.6 Å². The second-order valence-corrected chi connectivity index (χ2v) is 5.32. The molecule has 1 aromatic rings. The first kappa shape index (κ1) is 12.4. The van der Waals surface area contributed by atoms with Gasteiger partial charge in [-0.15, -0.1) is 0 Å². The van der Waals surface area contributed by atoms with Gasteiger partial charge in [-0.05, 0) is 46.7 Å². The van der Waals surface area contributed by atoms with Crippen LogP contribution in [0.5, 0.6) is 0 Å². The Morgan fingerprint density at radius 2 is 2.12 bits per heavy atom. The Morgan fingerprint density at radius 1 is 1.41 bits per heavy atom. The summed E-state index contributed by atoms with van der Waals surface area (Å²) < 4.78 is 2.35. The number of aryl methyl sites for hydroxylation is 1. The van der Waals surface area contributed by atoms with Crippen molar-refractivity contribution >= 4 is 6.29 Å². The minimum absolute atomic E-state index is 0.551. The number of rotatable bonds is 2. The van der Waals surface area contributed by atoms with Crippen molar-refractivity contribution < 1.29 is 4.79 Å². The van der Waals surface area contributed by atoms with Crippen LogP contribution < -0.4 is 0 Å². The Bertz CT molecular complexity index is 422. The van der Waals surface area contributed by atoms with Crippen LogP contribution >= 0.6 is 0 Å². The molecule has 17 heavy (non-hydrogen) atoms. The summed E-state index contributed by atoms with van der Waals surface area (Å²) in [6.45, 7) is 7.57. The lowest BCUT2D eigenvalue weighted by Crippen LogP contribution is -2.38. The summed E-state index contributed by atoms with van der Waals surface area (Å²) in [5, 5.41) is 0. The molecule has 3 heteroatoms. The molecular weight excluding hydrogens is 212 g/mol. The van der Waals surface area contributed by atoms with Crippen LogP contribution in [0.15, 0.2) is 6.07 Å². The highest BCUT2D eigenvalue weighted by Gasteiger charge is 2.26. The van der Waals surface area contributed by atoms with E-state index < -0.39 is 0 Å². The Balaban J connectivity index is 2.28. The molecule has 0 N–H and O–H groups in total. The lowest BCUT2D eigenvalue weighted by Gasteiger charge is -2.37. The van der Waals surface area contributed by atoms with Crippen molar-refractivity contribution in [3.05, 3.63) is 23.0 Å². The van der Waals surface area contributed by atoms with E-state index in [0.717, 1.165) is 24.1 Å². The van der Waals surface area contributed by atoms with Crippen molar-refractivity contribution in [1.82, 2.24) is 9.47 Å². The first-order valence-electron chi connectivity index (χ1n) is 6.38. The number of piperidine rings is 1. The number of aromatic nitrogens is 1. The standard InChI is InChI=1S/C14H22N2O/c1-10-8-14(5-6-15(10)4)16-11(2)7-13(9-17)12(16)3/h7,9-10,14H,5-6,8H2,1-4H3. The third kappa shape index (κ3) is 2.16. The van der Waals surface area contributed by atoms with Crippen LogP contribution in [-0.2, 0) is 0 Å². The predicted octanol–water partition coefficient (Wildman–Crippen LogP) is 2.57. The summed E-state index contributed by atoms with van der Waals surface area (Å²) in [5.74, 6) is 0. The highest BCUT2D eigenvalue weighted by molar-refractivity contribution is 5.77. The molecule has 0 amide bonds. The third-order valence-corrected chi connectivity index (χ3v) is 4.20. The SMILES string of the molecule is Cc1cc(C=O)c(C)n1C1CCN(C)C(C)C1. The van der Waals surface area contributed by atoms with Gasteiger partial charge in [-0.1, -0.05) is 0 Å². The third-order valence-electron chi connectivity index (χ3n) is 4.20. The maximum Gasteiger partial charge on any atom is 0.151 e. The van der Waals surface area contributed by atoms with Gasteiger partial charge in [0.15, 0.2) is 6.29 Å². The minimum Gasteiger partial charge on any atom is -0.345 e. The van der Waals surface area contributed by atoms with Crippen molar-refractivity contribution in [1.29, 1.82) is 0 Å². The zero-order chi connectivity index (χ0) is 12.6. The molecular formula is C14H22N2O. The van der Waals surface area contributed by atoms with Gasteiger partial charge in [0.05, 0.1) is 0 Å². The number of carbonyl (C=O) groups excluding carboxylic acids is 1. The number of hydrogen-bond acceptors (Lipinski definition) is 2. The lowest BCUT2D eigenvalue weighted by atomic mass is 9.98. The van der Waals surface area contributed by atoms with Gasteiger partial charge >= 0.3 is 0 Å². The number of nitrogens with zero attached hydrogens (tertiary/aromatic N) is 2. The van der Waals surface area contributed by atoms with E-state index >= 15 is 0 Å². The van der Waals surface area contributed by atoms with E-state index in [1.165, 1.54) is 18.5 Å². The fraction of sp³-hybridized carbons (Fsp3) is 0.643. The molecule has 1 fully saturated rings. The van der Waals surface area contributed by atoms with E-state index in [-0.39, 0.29) is 0 Å². The van der Waals surface area contributed by atoms with Gasteiger partial charge in [-0.2, -0.15) is 0 Å². The Kier molecular flexibility index (Phi) is 3.38. The molecule has 1 aromatic heterocycles. The molecule has 2 rings (SSSR count). The van der Waals surface area contributed by atoms with E-state index in [0.29, 0.717) is 12.1 Å². The summed E-state index contributed by atoms with van der Waals surface area (Å²) in [4.78, 5) is 13.4. The zero-order valence-corrected chi connectivity index (χ0v) is 11.2. The average molecular weight is 234 g/mol. The molecule has 0 spiro atoms. The monoisotopic (exact) mass is 234 g/mol. The summed E-state index contributed by atoms with van der Waals surface area (Å²) in [5.41, 5.74) is 3.18. The molecule has 3 nitrogen and oxygen atoms in total. The molecule has 2 unspecified atom stereocenters. The molecule has 0 saturated carbocycles. The molecule has 2 heterocycles. The topological polar surface area (TPSA) is 25.2 Å². The van der Waals surface area contributed by atoms with E-state index in [1.54, 1.807) is 0 Å². The van der Waals surface area contributed by atoms with Gasteiger partial charge in [0, 0.05) is 35.6 Å². The van der Waals surface area contributed by atoms with Crippen molar-refractivity contribution in [3.63, 3.8) is 0 Å². The molecule has 0 aromatic carbocycles. The largest absolute Gasteiger partial charge is 0.345 e. The normalized spacial score (nSPS) is 26.1. The maximum atomic E-state index is 11.0. The molecule has 0 bridgehead atoms. The predicted molar refractivity (Wildman–Crippen MR) is 69.7 cm³/mol. The molecule has 0 radical (unpaired) electrons. The van der Waals surface area contributed by atoms with Gasteiger partial charge in [0.1, 0.15) is 0 Å². The van der Waals surface area contributed by atoms with Crippen LogP contribution in [0.4, 0.5) is 0 Å². The highest BCUT2D eigenvalue weighted by atomic mass is 16.1. The fourth-order valence-electron chi connectivity index (χ4n) is 2.98. The first-order valence-corrected chi connectivity index (χ1v) is 6.38. The van der Waals surface area contributed by atoms with Gasteiger partial charge in [-0.3, -0.25) is 4.79 Å². The zero-order valence-electron chi connectivity index (χ0n) is 11.2. The second-order valence-electron chi connectivity index (χ2n) is 5.32. The lowest BCUT2D eigenvalue weighted by molar-refractivity contribution is 0.112. The molecule has 94 valence electrons. The molecule has 1 saturated heterocycles. The first-order chi connectivity index (χ1) is 8.04. The van der Waals surface area contributed by atoms with Crippen LogP contribution in [0, 0.1) is 13.8 Å². The van der Waals surface area contributed by atoms with Crippen molar-refractivity contribution in [2.45, 2.75) is 45.7 Å². The minimum atomic E-state index is 0.551. The van der Waals surface area contributed by atoms with E-state index in [2.05, 4.69) is 37.3 Å². The van der Waals surface area contributed by atoms with Crippen LogP contribution in [0.3, 0.4) is 0 Å². The van der Waals surface area contributed by atoms with Crippen LogP contribution in [0.25, 0.3) is 0 Å². The number of hydrogen-bond donors (Lipinski definition) is 0. The summed E-state index contributed by atoms with van der Waals surface area (Å²) in [6.07, 6.45) is 3.32. The van der Waals surface area contributed by atoms with Gasteiger partial charge in [0.2, 0.25) is 0 Å². The average Bonchev–Trinajstić information content (AvgIpc) is 2.58. The number of carbonyl (C=O) groups is 1. The van der Waals surface area contributed by atoms with Gasteiger partial charge in [-0.25, -0.2) is 0 Å². The highest BCUT2D eigenvalue weighted by Crippen LogP contribution is 2.30. The molecule has 1 aliphatic rings. The van der Waals surface area contributed by atoms with Crippen LogP contribution in [0.1, 0.15) is 47.6 Å². The molecule has 1 aliphatic heterocycles. The van der Waals surface area contributed by atoms with Crippen LogP contribution in [-0.4, -0.2) is 35.4 Å². The van der Waals surface area contributed by atoms with Crippen LogP contribution in [0.2, 0.25) is 0 Å². The second kappa shape index (κ2) is 4.65. The summed E-state index contributed by atoms with van der Waals surface area (Å²) >= 11 is 0. The summed E-state index contributed by atoms with van der Waals surface area (Å²) in [6, 6.07) is 3.18. The quantitative estimate of drug-likeness (QED) is 0.735. The van der Waals surface area contributed by atoms with E-state index in [4.69, 9.17) is 0 Å². The number of aldehydes is 1.